The Bertz CT molecular complexity index is 551. The molecule has 2 rings (SSSR count). The van der Waals surface area contributed by atoms with E-state index in [1.54, 1.807) is 0 Å². The van der Waals surface area contributed by atoms with Gasteiger partial charge in [0.1, 0.15) is 5.82 Å². The van der Waals surface area contributed by atoms with E-state index >= 15 is 0 Å². The number of hydrogen-bond acceptors (Lipinski definition) is 1. The average molecular weight is 322 g/mol. The van der Waals surface area contributed by atoms with Crippen LogP contribution in [0, 0.1) is 12.7 Å². The number of halogens is 2. The quantitative estimate of drug-likeness (QED) is 0.868. The molecule has 0 aromatic heterocycles. The molecule has 1 atom stereocenters. The van der Waals surface area contributed by atoms with E-state index in [1.165, 1.54) is 23.3 Å². The van der Waals surface area contributed by atoms with Gasteiger partial charge in [-0.15, -0.1) is 0 Å². The van der Waals surface area contributed by atoms with Crippen LogP contribution in [0.25, 0.3) is 0 Å². The van der Waals surface area contributed by atoms with E-state index in [2.05, 4.69) is 47.2 Å². The SMILES string of the molecule is CCNC(c1ccc(F)cc1)c1cc(Br)ccc1C. The zero-order valence-corrected chi connectivity index (χ0v) is 12.7. The monoisotopic (exact) mass is 321 g/mol. The van der Waals surface area contributed by atoms with E-state index in [0.717, 1.165) is 16.6 Å². The summed E-state index contributed by atoms with van der Waals surface area (Å²) in [7, 11) is 0. The molecule has 2 aromatic carbocycles. The van der Waals surface area contributed by atoms with Crippen LogP contribution < -0.4 is 5.32 Å². The summed E-state index contributed by atoms with van der Waals surface area (Å²) in [5.74, 6) is -0.204. The lowest BCUT2D eigenvalue weighted by molar-refractivity contribution is 0.612. The second kappa shape index (κ2) is 6.31. The van der Waals surface area contributed by atoms with Crippen LogP contribution in [-0.2, 0) is 0 Å². The Hall–Kier alpha value is -1.19. The highest BCUT2D eigenvalue weighted by atomic mass is 79.9. The Kier molecular flexibility index (Phi) is 4.72. The van der Waals surface area contributed by atoms with Crippen LogP contribution in [-0.4, -0.2) is 6.54 Å². The molecule has 1 unspecified atom stereocenters. The Balaban J connectivity index is 2.44. The molecular weight excluding hydrogens is 305 g/mol. The zero-order chi connectivity index (χ0) is 13.8. The highest BCUT2D eigenvalue weighted by Gasteiger charge is 2.15. The first-order valence-electron chi connectivity index (χ1n) is 6.36. The topological polar surface area (TPSA) is 12.0 Å². The lowest BCUT2D eigenvalue weighted by Crippen LogP contribution is -2.22. The van der Waals surface area contributed by atoms with Crippen molar-refractivity contribution in [2.24, 2.45) is 0 Å². The molecule has 0 fully saturated rings. The molecule has 2 aromatic rings. The lowest BCUT2D eigenvalue weighted by atomic mass is 9.95. The minimum atomic E-state index is -0.204. The number of rotatable bonds is 4. The predicted molar refractivity (Wildman–Crippen MR) is 80.8 cm³/mol. The van der Waals surface area contributed by atoms with Gasteiger partial charge in [-0.1, -0.05) is 41.1 Å². The molecule has 100 valence electrons. The molecule has 0 aliphatic rings. The van der Waals surface area contributed by atoms with Crippen molar-refractivity contribution in [2.45, 2.75) is 19.9 Å². The zero-order valence-electron chi connectivity index (χ0n) is 11.1. The predicted octanol–water partition coefficient (Wildman–Crippen LogP) is 4.60. The van der Waals surface area contributed by atoms with Crippen LogP contribution in [0.3, 0.4) is 0 Å². The first-order chi connectivity index (χ1) is 9.11. The van der Waals surface area contributed by atoms with Crippen LogP contribution in [0.1, 0.15) is 29.7 Å². The van der Waals surface area contributed by atoms with Crippen LogP contribution in [0.15, 0.2) is 46.9 Å². The molecule has 0 bridgehead atoms. The number of hydrogen-bond donors (Lipinski definition) is 1. The van der Waals surface area contributed by atoms with Crippen LogP contribution in [0.4, 0.5) is 4.39 Å². The summed E-state index contributed by atoms with van der Waals surface area (Å²) in [4.78, 5) is 0. The van der Waals surface area contributed by atoms with Gasteiger partial charge in [-0.25, -0.2) is 4.39 Å². The second-order valence-electron chi connectivity index (χ2n) is 4.54. The van der Waals surface area contributed by atoms with Gasteiger partial charge < -0.3 is 5.32 Å². The maximum Gasteiger partial charge on any atom is 0.123 e. The Morgan fingerprint density at radius 3 is 2.47 bits per heavy atom. The van der Waals surface area contributed by atoms with Gasteiger partial charge in [-0.3, -0.25) is 0 Å². The van der Waals surface area contributed by atoms with Gasteiger partial charge in [0, 0.05) is 4.47 Å². The summed E-state index contributed by atoms with van der Waals surface area (Å²) in [5.41, 5.74) is 3.51. The smallest absolute Gasteiger partial charge is 0.123 e. The van der Waals surface area contributed by atoms with Crippen molar-refractivity contribution < 1.29 is 4.39 Å². The Morgan fingerprint density at radius 1 is 1.16 bits per heavy atom. The second-order valence-corrected chi connectivity index (χ2v) is 5.46. The highest BCUT2D eigenvalue weighted by Crippen LogP contribution is 2.27. The third-order valence-electron chi connectivity index (χ3n) is 3.16. The van der Waals surface area contributed by atoms with Gasteiger partial charge in [0.25, 0.3) is 0 Å². The molecule has 0 radical (unpaired) electrons. The fourth-order valence-electron chi connectivity index (χ4n) is 2.19. The van der Waals surface area contributed by atoms with Crippen LogP contribution >= 0.6 is 15.9 Å². The molecule has 1 N–H and O–H groups in total. The number of benzene rings is 2. The molecule has 0 saturated carbocycles. The molecular formula is C16H17BrFN. The first-order valence-corrected chi connectivity index (χ1v) is 7.16. The van der Waals surface area contributed by atoms with E-state index in [1.807, 2.05) is 18.2 Å². The summed E-state index contributed by atoms with van der Waals surface area (Å²) in [6.07, 6.45) is 0. The number of aryl methyl sites for hydroxylation is 1. The molecule has 0 aliphatic carbocycles. The summed E-state index contributed by atoms with van der Waals surface area (Å²) in [5, 5.41) is 3.46. The molecule has 0 saturated heterocycles. The molecule has 0 amide bonds. The van der Waals surface area contributed by atoms with E-state index in [-0.39, 0.29) is 11.9 Å². The van der Waals surface area contributed by atoms with Gasteiger partial charge in [0.2, 0.25) is 0 Å². The normalized spacial score (nSPS) is 12.4. The van der Waals surface area contributed by atoms with Crippen molar-refractivity contribution in [1.82, 2.24) is 5.32 Å². The molecule has 0 spiro atoms. The van der Waals surface area contributed by atoms with Crippen molar-refractivity contribution in [2.75, 3.05) is 6.54 Å². The van der Waals surface area contributed by atoms with Crippen molar-refractivity contribution in [3.8, 4) is 0 Å². The third kappa shape index (κ3) is 3.43. The summed E-state index contributed by atoms with van der Waals surface area (Å²) < 4.78 is 14.1. The maximum atomic E-state index is 13.1. The van der Waals surface area contributed by atoms with Gasteiger partial charge in [0.15, 0.2) is 0 Å². The van der Waals surface area contributed by atoms with Gasteiger partial charge in [0.05, 0.1) is 6.04 Å². The molecule has 0 heterocycles. The highest BCUT2D eigenvalue weighted by molar-refractivity contribution is 9.10. The summed E-state index contributed by atoms with van der Waals surface area (Å²) >= 11 is 3.51. The molecule has 1 nitrogen and oxygen atoms in total. The first kappa shape index (κ1) is 14.2. The standard InChI is InChI=1S/C16H17BrFN/c1-3-19-16(12-5-8-14(18)9-6-12)15-10-13(17)7-4-11(15)2/h4-10,16,19H,3H2,1-2H3. The lowest BCUT2D eigenvalue weighted by Gasteiger charge is -2.21. The fraction of sp³-hybridized carbons (Fsp3) is 0.250. The summed E-state index contributed by atoms with van der Waals surface area (Å²) in [6.45, 7) is 5.02. The van der Waals surface area contributed by atoms with Gasteiger partial charge in [-0.05, 0) is 54.4 Å². The van der Waals surface area contributed by atoms with Crippen molar-refractivity contribution >= 4 is 15.9 Å². The minimum Gasteiger partial charge on any atom is -0.307 e. The van der Waals surface area contributed by atoms with Gasteiger partial charge in [-0.2, -0.15) is 0 Å². The van der Waals surface area contributed by atoms with Crippen molar-refractivity contribution in [3.05, 3.63) is 69.4 Å². The minimum absolute atomic E-state index is 0.0862. The number of nitrogens with one attached hydrogen (secondary N) is 1. The van der Waals surface area contributed by atoms with E-state index in [0.29, 0.717) is 0 Å². The fourth-order valence-corrected chi connectivity index (χ4v) is 2.57. The Morgan fingerprint density at radius 2 is 1.84 bits per heavy atom. The largest absolute Gasteiger partial charge is 0.307 e. The van der Waals surface area contributed by atoms with Gasteiger partial charge >= 0.3 is 0 Å². The Labute approximate surface area is 122 Å². The third-order valence-corrected chi connectivity index (χ3v) is 3.66. The molecule has 0 aliphatic heterocycles. The molecule has 19 heavy (non-hydrogen) atoms. The average Bonchev–Trinajstić information content (AvgIpc) is 2.40. The van der Waals surface area contributed by atoms with E-state index in [4.69, 9.17) is 0 Å². The molecule has 3 heteroatoms. The van der Waals surface area contributed by atoms with Crippen LogP contribution in [0.5, 0.6) is 0 Å². The maximum absolute atomic E-state index is 13.1. The van der Waals surface area contributed by atoms with Crippen LogP contribution in [0.2, 0.25) is 0 Å². The van der Waals surface area contributed by atoms with Crippen molar-refractivity contribution in [1.29, 1.82) is 0 Å². The summed E-state index contributed by atoms with van der Waals surface area (Å²) in [6, 6.07) is 13.0. The van der Waals surface area contributed by atoms with E-state index < -0.39 is 0 Å². The van der Waals surface area contributed by atoms with E-state index in [9.17, 15) is 4.39 Å². The van der Waals surface area contributed by atoms with Crippen molar-refractivity contribution in [3.63, 3.8) is 0 Å².